The van der Waals surface area contributed by atoms with E-state index >= 15 is 0 Å². The molecule has 9 heteroatoms. The van der Waals surface area contributed by atoms with Gasteiger partial charge in [-0.15, -0.1) is 0 Å². The quantitative estimate of drug-likeness (QED) is 0.320. The normalized spacial score (nSPS) is 15.1. The van der Waals surface area contributed by atoms with Crippen molar-refractivity contribution in [3.05, 3.63) is 105 Å². The molecule has 0 saturated heterocycles. The number of nitrogens with zero attached hydrogens (tertiary/aromatic N) is 1. The number of fused-ring (bicyclic) bond motifs is 3. The fourth-order valence-electron chi connectivity index (χ4n) is 4.80. The van der Waals surface area contributed by atoms with E-state index in [1.165, 1.54) is 37.4 Å². The van der Waals surface area contributed by atoms with Crippen molar-refractivity contribution in [2.45, 2.75) is 25.4 Å². The molecule has 1 atom stereocenters. The van der Waals surface area contributed by atoms with E-state index in [0.717, 1.165) is 11.6 Å². The predicted molar refractivity (Wildman–Crippen MR) is 135 cm³/mol. The molecule has 5 rings (SSSR count). The van der Waals surface area contributed by atoms with Gasteiger partial charge in [-0.3, -0.25) is 0 Å². The van der Waals surface area contributed by atoms with Crippen LogP contribution in [0.15, 0.2) is 81.3 Å². The van der Waals surface area contributed by atoms with Crippen molar-refractivity contribution in [1.82, 2.24) is 0 Å². The van der Waals surface area contributed by atoms with Crippen LogP contribution < -0.4 is 20.8 Å². The number of nitriles is 1. The summed E-state index contributed by atoms with van der Waals surface area (Å²) in [5, 5.41) is 10.5. The monoisotopic (exact) mass is 518 g/mol. The second-order valence-corrected chi connectivity index (χ2v) is 8.74. The van der Waals surface area contributed by atoms with Crippen molar-refractivity contribution in [3.63, 3.8) is 0 Å². The Balaban J connectivity index is 1.81. The van der Waals surface area contributed by atoms with Crippen LogP contribution in [0.2, 0.25) is 0 Å². The van der Waals surface area contributed by atoms with Crippen molar-refractivity contribution in [3.8, 4) is 28.7 Å². The van der Waals surface area contributed by atoms with Gasteiger partial charge in [0.15, 0.2) is 5.75 Å². The van der Waals surface area contributed by atoms with Crippen LogP contribution in [0.1, 0.15) is 35.1 Å². The molecule has 0 bridgehead atoms. The van der Waals surface area contributed by atoms with Crippen LogP contribution in [0, 0.1) is 11.3 Å². The van der Waals surface area contributed by atoms with E-state index in [2.05, 4.69) is 0 Å². The van der Waals surface area contributed by atoms with Crippen molar-refractivity contribution in [1.29, 1.82) is 5.26 Å². The second kappa shape index (κ2) is 9.30. The van der Waals surface area contributed by atoms with Gasteiger partial charge in [0.2, 0.25) is 5.88 Å². The summed E-state index contributed by atoms with van der Waals surface area (Å²) in [6.45, 7) is 1.97. The number of hydrogen-bond acceptors (Lipinski definition) is 6. The van der Waals surface area contributed by atoms with E-state index in [9.17, 15) is 23.2 Å². The lowest BCUT2D eigenvalue weighted by Crippen LogP contribution is -2.26. The number of halogens is 3. The van der Waals surface area contributed by atoms with Crippen LogP contribution in [-0.2, 0) is 12.6 Å². The number of benzene rings is 3. The Labute approximate surface area is 215 Å². The molecule has 1 aromatic heterocycles. The van der Waals surface area contributed by atoms with Gasteiger partial charge in [-0.1, -0.05) is 37.3 Å². The van der Waals surface area contributed by atoms with Gasteiger partial charge in [0.25, 0.3) is 0 Å². The summed E-state index contributed by atoms with van der Waals surface area (Å²) >= 11 is 0. The van der Waals surface area contributed by atoms with Crippen LogP contribution in [-0.4, -0.2) is 7.11 Å². The van der Waals surface area contributed by atoms with E-state index in [4.69, 9.17) is 19.6 Å². The molecule has 0 saturated carbocycles. The van der Waals surface area contributed by atoms with Crippen molar-refractivity contribution in [2.75, 3.05) is 7.11 Å². The highest BCUT2D eigenvalue weighted by Gasteiger charge is 2.37. The second-order valence-electron chi connectivity index (χ2n) is 8.74. The molecule has 3 aromatic carbocycles. The molecule has 38 heavy (non-hydrogen) atoms. The number of ether oxygens (including phenoxy) is 2. The molecule has 4 aromatic rings. The van der Waals surface area contributed by atoms with Gasteiger partial charge in [0.05, 0.1) is 29.5 Å². The number of rotatable bonds is 4. The van der Waals surface area contributed by atoms with Crippen LogP contribution in [0.5, 0.6) is 11.5 Å². The molecular formula is C29H21F3N2O4. The van der Waals surface area contributed by atoms with Gasteiger partial charge in [0, 0.05) is 5.56 Å². The highest BCUT2D eigenvalue weighted by molar-refractivity contribution is 5.87. The largest absolute Gasteiger partial charge is 0.496 e. The topological polar surface area (TPSA) is 98.5 Å². The minimum absolute atomic E-state index is 0.0386. The molecule has 1 aliphatic rings. The third kappa shape index (κ3) is 4.04. The fraction of sp³-hybridized carbons (Fsp3) is 0.172. The van der Waals surface area contributed by atoms with Crippen LogP contribution in [0.3, 0.4) is 0 Å². The lowest BCUT2D eigenvalue weighted by atomic mass is 9.82. The van der Waals surface area contributed by atoms with Gasteiger partial charge in [0.1, 0.15) is 23.0 Å². The Morgan fingerprint density at radius 2 is 1.84 bits per heavy atom. The van der Waals surface area contributed by atoms with E-state index in [1.54, 1.807) is 12.1 Å². The van der Waals surface area contributed by atoms with Gasteiger partial charge in [-0.05, 0) is 53.4 Å². The zero-order chi connectivity index (χ0) is 27.2. The van der Waals surface area contributed by atoms with Gasteiger partial charge in [-0.2, -0.15) is 18.4 Å². The van der Waals surface area contributed by atoms with Crippen LogP contribution >= 0.6 is 0 Å². The van der Waals surface area contributed by atoms with E-state index in [-0.39, 0.29) is 45.2 Å². The minimum Gasteiger partial charge on any atom is -0.496 e. The van der Waals surface area contributed by atoms with Crippen molar-refractivity contribution in [2.24, 2.45) is 5.73 Å². The molecule has 1 aliphatic heterocycles. The molecule has 192 valence electrons. The Kier molecular flexibility index (Phi) is 6.11. The Bertz CT molecular complexity index is 1710. The molecule has 2 N–H and O–H groups in total. The lowest BCUT2D eigenvalue weighted by molar-refractivity contribution is -0.137. The number of alkyl halides is 3. The predicted octanol–water partition coefficient (Wildman–Crippen LogP) is 6.27. The van der Waals surface area contributed by atoms with E-state index < -0.39 is 23.3 Å². The zero-order valence-corrected chi connectivity index (χ0v) is 20.3. The first kappa shape index (κ1) is 25.0. The molecule has 0 aliphatic carbocycles. The molecule has 2 heterocycles. The first-order valence-electron chi connectivity index (χ1n) is 11.7. The SMILES string of the molecule is CCc1ccc2oc(=O)c3c(c2c1)OC(N)=C(C#N)C3c1ccc(OC)c(-c2ccccc2C(F)(F)F)c1. The average Bonchev–Trinajstić information content (AvgIpc) is 2.91. The van der Waals surface area contributed by atoms with Gasteiger partial charge < -0.3 is 19.6 Å². The van der Waals surface area contributed by atoms with E-state index in [1.807, 2.05) is 25.1 Å². The summed E-state index contributed by atoms with van der Waals surface area (Å²) in [6.07, 6.45) is -3.91. The Hall–Kier alpha value is -4.71. The van der Waals surface area contributed by atoms with Crippen molar-refractivity contribution >= 4 is 11.0 Å². The number of nitrogens with two attached hydrogens (primary N) is 1. The van der Waals surface area contributed by atoms with Crippen LogP contribution in [0.4, 0.5) is 13.2 Å². The summed E-state index contributed by atoms with van der Waals surface area (Å²) in [7, 11) is 1.35. The molecule has 0 fully saturated rings. The minimum atomic E-state index is -4.62. The molecule has 6 nitrogen and oxygen atoms in total. The Morgan fingerprint density at radius 1 is 1.08 bits per heavy atom. The maximum absolute atomic E-state index is 13.9. The smallest absolute Gasteiger partial charge is 0.417 e. The first-order chi connectivity index (χ1) is 18.2. The molecule has 1 unspecified atom stereocenters. The van der Waals surface area contributed by atoms with E-state index in [0.29, 0.717) is 17.4 Å². The maximum Gasteiger partial charge on any atom is 0.417 e. The first-order valence-corrected chi connectivity index (χ1v) is 11.7. The van der Waals surface area contributed by atoms with Crippen LogP contribution in [0.25, 0.3) is 22.1 Å². The standard InChI is InChI=1S/C29H21F3N2O4/c1-3-15-8-10-23-19(12-15)26-25(28(35)37-23)24(20(14-33)27(34)38-26)16-9-11-22(36-2)18(13-16)17-6-4-5-7-21(17)29(30,31)32/h4-13,24H,3,34H2,1-2H3. The van der Waals surface area contributed by atoms with Crippen molar-refractivity contribution < 1.29 is 27.1 Å². The molecule has 0 spiro atoms. The summed E-state index contributed by atoms with van der Waals surface area (Å²) < 4.78 is 58.4. The Morgan fingerprint density at radius 3 is 2.53 bits per heavy atom. The molecule has 0 radical (unpaired) electrons. The van der Waals surface area contributed by atoms with Gasteiger partial charge >= 0.3 is 11.8 Å². The average molecular weight is 518 g/mol. The highest BCUT2D eigenvalue weighted by atomic mass is 19.4. The number of methoxy groups -OCH3 is 1. The third-order valence-electron chi connectivity index (χ3n) is 6.62. The van der Waals surface area contributed by atoms with Gasteiger partial charge in [-0.25, -0.2) is 4.79 Å². The fourth-order valence-corrected chi connectivity index (χ4v) is 4.80. The number of hydrogen-bond donors (Lipinski definition) is 1. The number of aryl methyl sites for hydroxylation is 1. The molecular weight excluding hydrogens is 497 g/mol. The summed E-state index contributed by atoms with van der Waals surface area (Å²) in [4.78, 5) is 13.3. The summed E-state index contributed by atoms with van der Waals surface area (Å²) in [5.74, 6) is -0.906. The lowest BCUT2D eigenvalue weighted by Gasteiger charge is -2.27. The zero-order valence-electron chi connectivity index (χ0n) is 20.3. The highest BCUT2D eigenvalue weighted by Crippen LogP contribution is 2.46. The maximum atomic E-state index is 13.9. The molecule has 0 amide bonds. The summed E-state index contributed by atoms with van der Waals surface area (Å²) in [5.41, 5.74) is 6.16. The summed E-state index contributed by atoms with van der Waals surface area (Å²) in [6, 6.07) is 17.0. The number of allylic oxidation sites excluding steroid dienone is 1. The third-order valence-corrected chi connectivity index (χ3v) is 6.62.